The Morgan fingerprint density at radius 3 is 2.77 bits per heavy atom. The molecule has 3 nitrogen and oxygen atoms in total. The van der Waals surface area contributed by atoms with Crippen LogP contribution in [0.4, 0.5) is 0 Å². The minimum atomic E-state index is 0.368. The summed E-state index contributed by atoms with van der Waals surface area (Å²) >= 11 is 0. The summed E-state index contributed by atoms with van der Waals surface area (Å²) in [5, 5.41) is 3.62. The predicted molar refractivity (Wildman–Crippen MR) is 90.2 cm³/mol. The molecule has 1 fully saturated rings. The Bertz CT molecular complexity index is 612. The summed E-state index contributed by atoms with van der Waals surface area (Å²) < 4.78 is 5.46. The normalized spacial score (nSPS) is 19.1. The van der Waals surface area contributed by atoms with Crippen LogP contribution in [0, 0.1) is 6.92 Å². The van der Waals surface area contributed by atoms with Gasteiger partial charge in [-0.15, -0.1) is 0 Å². The summed E-state index contributed by atoms with van der Waals surface area (Å²) in [6.45, 7) is 6.24. The first kappa shape index (κ1) is 15.1. The lowest BCUT2D eigenvalue weighted by molar-refractivity contribution is 0.193. The Kier molecular flexibility index (Phi) is 4.76. The van der Waals surface area contributed by atoms with E-state index in [1.165, 1.54) is 16.7 Å². The first-order valence-corrected chi connectivity index (χ1v) is 7.90. The van der Waals surface area contributed by atoms with E-state index in [0.717, 1.165) is 31.9 Å². The van der Waals surface area contributed by atoms with E-state index in [1.54, 1.807) is 7.11 Å². The van der Waals surface area contributed by atoms with Crippen molar-refractivity contribution in [3.63, 3.8) is 0 Å². The molecule has 22 heavy (non-hydrogen) atoms. The van der Waals surface area contributed by atoms with Crippen molar-refractivity contribution in [3.05, 3.63) is 65.2 Å². The van der Waals surface area contributed by atoms with Crippen LogP contribution in [-0.4, -0.2) is 31.6 Å². The molecule has 0 amide bonds. The van der Waals surface area contributed by atoms with Crippen molar-refractivity contribution < 1.29 is 4.74 Å². The molecule has 1 heterocycles. The van der Waals surface area contributed by atoms with Gasteiger partial charge in [-0.25, -0.2) is 0 Å². The minimum absolute atomic E-state index is 0.368. The summed E-state index contributed by atoms with van der Waals surface area (Å²) in [6, 6.07) is 17.6. The molecular weight excluding hydrogens is 272 g/mol. The summed E-state index contributed by atoms with van der Waals surface area (Å²) in [4.78, 5) is 2.52. The van der Waals surface area contributed by atoms with Gasteiger partial charge in [0, 0.05) is 32.2 Å². The van der Waals surface area contributed by atoms with Crippen LogP contribution in [0.1, 0.15) is 22.7 Å². The van der Waals surface area contributed by atoms with Crippen LogP contribution in [0.5, 0.6) is 5.75 Å². The van der Waals surface area contributed by atoms with E-state index < -0.39 is 0 Å². The molecule has 1 atom stereocenters. The van der Waals surface area contributed by atoms with Crippen LogP contribution >= 0.6 is 0 Å². The van der Waals surface area contributed by atoms with Crippen molar-refractivity contribution in [2.24, 2.45) is 0 Å². The molecule has 0 spiro atoms. The highest BCUT2D eigenvalue weighted by Crippen LogP contribution is 2.25. The third kappa shape index (κ3) is 3.49. The summed E-state index contributed by atoms with van der Waals surface area (Å²) in [5.74, 6) is 0.972. The molecule has 2 aromatic rings. The topological polar surface area (TPSA) is 24.5 Å². The number of rotatable bonds is 4. The highest BCUT2D eigenvalue weighted by Gasteiger charge is 2.21. The van der Waals surface area contributed by atoms with E-state index in [1.807, 2.05) is 0 Å². The van der Waals surface area contributed by atoms with E-state index in [4.69, 9.17) is 4.74 Å². The molecule has 3 rings (SSSR count). The van der Waals surface area contributed by atoms with Gasteiger partial charge in [-0.3, -0.25) is 4.90 Å². The van der Waals surface area contributed by atoms with Gasteiger partial charge in [0.25, 0.3) is 0 Å². The van der Waals surface area contributed by atoms with Gasteiger partial charge in [0.2, 0.25) is 0 Å². The molecule has 1 saturated heterocycles. The maximum Gasteiger partial charge on any atom is 0.122 e. The fourth-order valence-electron chi connectivity index (χ4n) is 3.07. The number of hydrogen-bond donors (Lipinski definition) is 1. The first-order valence-electron chi connectivity index (χ1n) is 7.90. The van der Waals surface area contributed by atoms with E-state index in [2.05, 4.69) is 65.7 Å². The van der Waals surface area contributed by atoms with E-state index in [0.29, 0.717) is 6.04 Å². The molecule has 1 aliphatic rings. The SMILES string of the molecule is COc1cc([C@@H]2CN(Cc3ccccc3)CCN2)ccc1C. The van der Waals surface area contributed by atoms with Crippen molar-refractivity contribution >= 4 is 0 Å². The van der Waals surface area contributed by atoms with Gasteiger partial charge in [-0.2, -0.15) is 0 Å². The van der Waals surface area contributed by atoms with Gasteiger partial charge in [0.05, 0.1) is 7.11 Å². The van der Waals surface area contributed by atoms with Crippen LogP contribution in [0.15, 0.2) is 48.5 Å². The second kappa shape index (κ2) is 6.95. The lowest BCUT2D eigenvalue weighted by Crippen LogP contribution is -2.45. The maximum absolute atomic E-state index is 5.46. The fraction of sp³-hybridized carbons (Fsp3) is 0.368. The molecule has 2 aromatic carbocycles. The third-order valence-electron chi connectivity index (χ3n) is 4.34. The highest BCUT2D eigenvalue weighted by atomic mass is 16.5. The average Bonchev–Trinajstić information content (AvgIpc) is 2.56. The third-order valence-corrected chi connectivity index (χ3v) is 4.34. The van der Waals surface area contributed by atoms with Gasteiger partial charge in [0.15, 0.2) is 0 Å². The molecule has 0 aromatic heterocycles. The second-order valence-corrected chi connectivity index (χ2v) is 5.96. The Morgan fingerprint density at radius 1 is 1.18 bits per heavy atom. The molecule has 0 bridgehead atoms. The Hall–Kier alpha value is -1.84. The zero-order valence-corrected chi connectivity index (χ0v) is 13.4. The van der Waals surface area contributed by atoms with Crippen molar-refractivity contribution in [1.82, 2.24) is 10.2 Å². The van der Waals surface area contributed by atoms with Gasteiger partial charge >= 0.3 is 0 Å². The standard InChI is InChI=1S/C19H24N2O/c1-15-8-9-17(12-19(15)22-2)18-14-21(11-10-20-18)13-16-6-4-3-5-7-16/h3-9,12,18,20H,10-11,13-14H2,1-2H3/t18-/m0/s1. The predicted octanol–water partition coefficient (Wildman–Crippen LogP) is 3.15. The number of ether oxygens (including phenoxy) is 1. The summed E-state index contributed by atoms with van der Waals surface area (Å²) in [7, 11) is 1.74. The van der Waals surface area contributed by atoms with Gasteiger partial charge < -0.3 is 10.1 Å². The summed E-state index contributed by atoms with van der Waals surface area (Å²) in [5.41, 5.74) is 3.87. The van der Waals surface area contributed by atoms with Crippen molar-refractivity contribution in [3.8, 4) is 5.75 Å². The second-order valence-electron chi connectivity index (χ2n) is 5.96. The molecule has 0 saturated carbocycles. The monoisotopic (exact) mass is 296 g/mol. The smallest absolute Gasteiger partial charge is 0.122 e. The van der Waals surface area contributed by atoms with Gasteiger partial charge in [-0.05, 0) is 29.7 Å². The van der Waals surface area contributed by atoms with Crippen molar-refractivity contribution in [1.29, 1.82) is 0 Å². The molecular formula is C19H24N2O. The zero-order valence-electron chi connectivity index (χ0n) is 13.4. The van der Waals surface area contributed by atoms with Crippen LogP contribution < -0.4 is 10.1 Å². The fourth-order valence-corrected chi connectivity index (χ4v) is 3.07. The molecule has 0 radical (unpaired) electrons. The minimum Gasteiger partial charge on any atom is -0.496 e. The number of hydrogen-bond acceptors (Lipinski definition) is 3. The first-order chi connectivity index (χ1) is 10.8. The van der Waals surface area contributed by atoms with Crippen LogP contribution in [0.2, 0.25) is 0 Å². The highest BCUT2D eigenvalue weighted by molar-refractivity contribution is 5.38. The van der Waals surface area contributed by atoms with E-state index >= 15 is 0 Å². The molecule has 1 aliphatic heterocycles. The average molecular weight is 296 g/mol. The molecule has 116 valence electrons. The quantitative estimate of drug-likeness (QED) is 0.938. The molecule has 1 N–H and O–H groups in total. The number of aryl methyl sites for hydroxylation is 1. The van der Waals surface area contributed by atoms with Crippen molar-refractivity contribution in [2.75, 3.05) is 26.7 Å². The van der Waals surface area contributed by atoms with Crippen LogP contribution in [-0.2, 0) is 6.54 Å². The van der Waals surface area contributed by atoms with Gasteiger partial charge in [0.1, 0.15) is 5.75 Å². The Labute approximate surface area is 132 Å². The summed E-state index contributed by atoms with van der Waals surface area (Å²) in [6.07, 6.45) is 0. The number of nitrogens with zero attached hydrogens (tertiary/aromatic N) is 1. The number of methoxy groups -OCH3 is 1. The maximum atomic E-state index is 5.46. The zero-order chi connectivity index (χ0) is 15.4. The number of piperazine rings is 1. The number of benzene rings is 2. The van der Waals surface area contributed by atoms with E-state index in [-0.39, 0.29) is 0 Å². The van der Waals surface area contributed by atoms with E-state index in [9.17, 15) is 0 Å². The lowest BCUT2D eigenvalue weighted by Gasteiger charge is -2.34. The Balaban J connectivity index is 1.70. The van der Waals surface area contributed by atoms with Crippen molar-refractivity contribution in [2.45, 2.75) is 19.5 Å². The van der Waals surface area contributed by atoms with Crippen LogP contribution in [0.25, 0.3) is 0 Å². The Morgan fingerprint density at radius 2 is 2.00 bits per heavy atom. The largest absolute Gasteiger partial charge is 0.496 e. The van der Waals surface area contributed by atoms with Crippen LogP contribution in [0.3, 0.4) is 0 Å². The lowest BCUT2D eigenvalue weighted by atomic mass is 10.0. The molecule has 0 aliphatic carbocycles. The van der Waals surface area contributed by atoms with Gasteiger partial charge in [-0.1, -0.05) is 42.5 Å². The molecule has 3 heteroatoms. The number of nitrogens with one attached hydrogen (secondary N) is 1. The molecule has 0 unspecified atom stereocenters.